The summed E-state index contributed by atoms with van der Waals surface area (Å²) < 4.78 is 127. The van der Waals surface area contributed by atoms with Gasteiger partial charge in [0, 0.05) is 34.1 Å². The first-order valence-corrected chi connectivity index (χ1v) is 8.47. The average molecular weight is 403 g/mol. The summed E-state index contributed by atoms with van der Waals surface area (Å²) >= 11 is 0. The van der Waals surface area contributed by atoms with Gasteiger partial charge in [-0.05, 0) is 29.3 Å². The highest BCUT2D eigenvalue weighted by atomic mass is 16.7. The van der Waals surface area contributed by atoms with E-state index >= 15 is 0 Å². The van der Waals surface area contributed by atoms with Crippen molar-refractivity contribution in [3.8, 4) is 11.5 Å². The molecular formula is C22H19N3O4. The Balaban J connectivity index is 1.77. The van der Waals surface area contributed by atoms with Crippen LogP contribution in [-0.2, 0) is 16.0 Å². The van der Waals surface area contributed by atoms with Gasteiger partial charge < -0.3 is 24.3 Å². The van der Waals surface area contributed by atoms with E-state index in [-0.39, 0.29) is 21.4 Å². The van der Waals surface area contributed by atoms with E-state index < -0.39 is 116 Å². The minimum Gasteiger partial charge on any atom is -0.454 e. The first-order chi connectivity index (χ1) is 19.7. The lowest BCUT2D eigenvalue weighted by molar-refractivity contribution is -0.157. The fraction of sp³-hybridized carbons (Fsp3) is 0.273. The van der Waals surface area contributed by atoms with E-state index in [0.29, 0.717) is 4.90 Å². The van der Waals surface area contributed by atoms with Crippen molar-refractivity contribution < 1.29 is 38.3 Å². The predicted molar refractivity (Wildman–Crippen MR) is 105 cm³/mol. The van der Waals surface area contributed by atoms with Crippen LogP contribution in [0.3, 0.4) is 0 Å². The number of carbonyl (C=O) groups excluding carboxylic acids is 2. The third-order valence-corrected chi connectivity index (χ3v) is 4.92. The van der Waals surface area contributed by atoms with Crippen molar-refractivity contribution in [3.05, 3.63) is 59.1 Å². The minimum atomic E-state index is -3.19. The zero-order valence-electron chi connectivity index (χ0n) is 28.4. The monoisotopic (exact) mass is 403 g/mol. The number of amides is 2. The van der Waals surface area contributed by atoms with E-state index in [1.807, 2.05) is 0 Å². The number of carbonyl (C=O) groups is 2. The molecule has 1 fully saturated rings. The molecule has 1 N–H and O–H groups in total. The second-order valence-electron chi connectivity index (χ2n) is 6.52. The molecule has 2 atom stereocenters. The van der Waals surface area contributed by atoms with Crippen LogP contribution in [0.2, 0.25) is 0 Å². The van der Waals surface area contributed by atoms with Crippen LogP contribution >= 0.6 is 0 Å². The highest BCUT2D eigenvalue weighted by Crippen LogP contribution is 2.44. The quantitative estimate of drug-likeness (QED) is 0.676. The Morgan fingerprint density at radius 1 is 1.24 bits per heavy atom. The van der Waals surface area contributed by atoms with Gasteiger partial charge in [0.15, 0.2) is 11.5 Å². The maximum atomic E-state index is 13.8. The Bertz CT molecular complexity index is 1820. The lowest BCUT2D eigenvalue weighted by Crippen LogP contribution is -2.62. The second-order valence-corrected chi connectivity index (χ2v) is 6.52. The molecule has 3 aromatic rings. The fourth-order valence-electron chi connectivity index (χ4n) is 3.69. The van der Waals surface area contributed by atoms with Gasteiger partial charge in [-0.3, -0.25) is 9.59 Å². The van der Waals surface area contributed by atoms with E-state index in [2.05, 4.69) is 4.98 Å². The Kier molecular flexibility index (Phi) is 1.54. The molecule has 0 saturated carbocycles. The molecule has 2 amide bonds. The van der Waals surface area contributed by atoms with Crippen LogP contribution in [0.4, 0.5) is 0 Å². The van der Waals surface area contributed by atoms with Crippen LogP contribution in [0, 0.1) is 0 Å². The van der Waals surface area contributed by atoms with Crippen molar-refractivity contribution in [2.45, 2.75) is 18.5 Å². The van der Waals surface area contributed by atoms with Crippen LogP contribution in [0.25, 0.3) is 10.9 Å². The van der Waals surface area contributed by atoms with Gasteiger partial charge in [0.25, 0.3) is 0 Å². The van der Waals surface area contributed by atoms with Crippen LogP contribution in [0.1, 0.15) is 42.0 Å². The maximum Gasteiger partial charge on any atom is 0.245 e. The summed E-state index contributed by atoms with van der Waals surface area (Å²) in [4.78, 5) is 30.7. The van der Waals surface area contributed by atoms with E-state index in [0.717, 1.165) is 0 Å². The Hall–Kier alpha value is -3.48. The summed E-state index contributed by atoms with van der Waals surface area (Å²) in [6.45, 7) is -7.20. The maximum absolute atomic E-state index is 13.8. The van der Waals surface area contributed by atoms with Gasteiger partial charge in [-0.2, -0.15) is 0 Å². The van der Waals surface area contributed by atoms with Gasteiger partial charge in [-0.25, -0.2) is 0 Å². The normalized spacial score (nSPS) is 37.0. The second kappa shape index (κ2) is 5.76. The molecule has 4 heterocycles. The summed E-state index contributed by atoms with van der Waals surface area (Å²) in [7, 11) is 0. The van der Waals surface area contributed by atoms with Gasteiger partial charge in [0.05, 0.1) is 24.9 Å². The molecule has 29 heavy (non-hydrogen) atoms. The number of para-hydroxylation sites is 1. The van der Waals surface area contributed by atoms with E-state index in [9.17, 15) is 12.3 Å². The highest BCUT2D eigenvalue weighted by Gasteiger charge is 2.47. The molecule has 1 aromatic heterocycles. The number of fused-ring (bicyclic) bond motifs is 5. The topological polar surface area (TPSA) is 74.9 Å². The zero-order valence-corrected chi connectivity index (χ0v) is 14.4. The van der Waals surface area contributed by atoms with Crippen LogP contribution < -0.4 is 9.47 Å². The molecule has 6 rings (SSSR count). The number of H-pyrrole nitrogens is 1. The fourth-order valence-corrected chi connectivity index (χ4v) is 3.69. The predicted octanol–water partition coefficient (Wildman–Crippen LogP) is 2.21. The average Bonchev–Trinajstić information content (AvgIpc) is 3.44. The number of piperazine rings is 1. The number of ether oxygens (including phenoxy) is 2. The van der Waals surface area contributed by atoms with Crippen molar-refractivity contribution >= 4 is 22.7 Å². The SMILES string of the molecule is [2H]c1c([2H])c([C@]2([2H])c3[nH]c4c([2H])c([2H])c([2H])c([2H])c4c3C[C@]3([2H])C(=O)N(C([2H])([2H])[2H])CC(=O)N23)c([2H])c2c1OC([2H])([2H])O2. The summed E-state index contributed by atoms with van der Waals surface area (Å²) in [5.41, 5.74) is -1.83. The number of aromatic amines is 1. The molecule has 2 aromatic carbocycles. The van der Waals surface area contributed by atoms with E-state index in [1.54, 1.807) is 0 Å². The summed E-state index contributed by atoms with van der Waals surface area (Å²) in [5, 5.41) is -0.267. The zero-order chi connectivity index (χ0) is 31.9. The number of aromatic nitrogens is 1. The molecule has 146 valence electrons. The Labute approximate surface area is 186 Å². The lowest BCUT2D eigenvalue weighted by atomic mass is 9.86. The van der Waals surface area contributed by atoms with Crippen LogP contribution in [0.15, 0.2) is 42.3 Å². The van der Waals surface area contributed by atoms with Gasteiger partial charge in [-0.1, -0.05) is 24.2 Å². The smallest absolute Gasteiger partial charge is 0.245 e. The molecular weight excluding hydrogens is 370 g/mol. The number of likely N-dealkylation sites (N-methyl/N-ethyl adjacent to an activating group) is 1. The summed E-state index contributed by atoms with van der Waals surface area (Å²) in [6, 6.07) is -11.3. The third-order valence-electron chi connectivity index (χ3n) is 4.92. The van der Waals surface area contributed by atoms with Crippen molar-refractivity contribution in [3.63, 3.8) is 0 Å². The molecule has 0 radical (unpaired) electrons. The molecule has 0 unspecified atom stereocenters. The Morgan fingerprint density at radius 2 is 2.10 bits per heavy atom. The number of hydrogen-bond acceptors (Lipinski definition) is 4. The summed E-state index contributed by atoms with van der Waals surface area (Å²) in [6.07, 6.45) is -0.844. The van der Waals surface area contributed by atoms with Crippen molar-refractivity contribution in [2.24, 2.45) is 0 Å². The van der Waals surface area contributed by atoms with E-state index in [4.69, 9.17) is 25.9 Å². The number of nitrogens with one attached hydrogen (secondary N) is 1. The van der Waals surface area contributed by atoms with Gasteiger partial charge in [0.1, 0.15) is 8.76 Å². The van der Waals surface area contributed by atoms with Gasteiger partial charge in [0.2, 0.25) is 18.6 Å². The molecule has 0 aliphatic carbocycles. The molecule has 3 aliphatic heterocycles. The highest BCUT2D eigenvalue weighted by molar-refractivity contribution is 5.97. The first-order valence-electron chi connectivity index (χ1n) is 15.5. The van der Waals surface area contributed by atoms with Gasteiger partial charge >= 0.3 is 0 Å². The Morgan fingerprint density at radius 3 is 3.00 bits per heavy atom. The molecule has 7 nitrogen and oxygen atoms in total. The number of rotatable bonds is 1. The number of benzene rings is 2. The number of nitrogens with zero attached hydrogens (tertiary/aromatic N) is 2. The minimum absolute atomic E-state index is 0.168. The molecule has 0 bridgehead atoms. The van der Waals surface area contributed by atoms with Crippen molar-refractivity contribution in [1.82, 2.24) is 14.8 Å². The third kappa shape index (κ3) is 2.24. The largest absolute Gasteiger partial charge is 0.454 e. The number of hydrogen-bond donors (Lipinski definition) is 1. The van der Waals surface area contributed by atoms with E-state index in [1.165, 1.54) is 0 Å². The molecule has 1 saturated heterocycles. The van der Waals surface area contributed by atoms with Crippen LogP contribution in [0.5, 0.6) is 11.5 Å². The summed E-state index contributed by atoms with van der Waals surface area (Å²) in [5.74, 6) is -4.07. The van der Waals surface area contributed by atoms with Crippen LogP contribution in [-0.4, -0.2) is 52.9 Å². The molecule has 0 spiro atoms. The van der Waals surface area contributed by atoms with Crippen molar-refractivity contribution in [2.75, 3.05) is 20.3 Å². The first kappa shape index (κ1) is 7.74. The lowest BCUT2D eigenvalue weighted by Gasteiger charge is -2.46. The molecule has 3 aliphatic rings. The van der Waals surface area contributed by atoms with Crippen molar-refractivity contribution in [1.29, 1.82) is 0 Å². The van der Waals surface area contributed by atoms with Gasteiger partial charge in [-0.15, -0.1) is 0 Å². The standard InChI is InChI=1S/C22H19N3O4/c1-24-10-19(26)25-16(22(24)27)9-14-13-4-2-3-5-15(13)23-20(14)21(25)12-6-7-17-18(8-12)29-11-28-17/h2-8,16,21,23H,9-11H2,1H3/t16-,21-/m1/s1/i1D3,2D,3D,4D,5D,6D,7D,8D,11D2,16D,21D. The molecule has 7 heteroatoms.